The second-order valence-corrected chi connectivity index (χ2v) is 8.51. The molecule has 0 fully saturated rings. The number of nitrogens with zero attached hydrogens (tertiary/aromatic N) is 2. The maximum atomic E-state index is 9.77. The molecule has 0 unspecified atom stereocenters. The van der Waals surface area contributed by atoms with Crippen LogP contribution < -0.4 is 0 Å². The zero-order valence-electron chi connectivity index (χ0n) is 15.8. The van der Waals surface area contributed by atoms with E-state index in [1.807, 2.05) is 66.7 Å². The average molecular weight is 447 g/mol. The van der Waals surface area contributed by atoms with Crippen LogP contribution in [0.1, 0.15) is 16.7 Å². The summed E-state index contributed by atoms with van der Waals surface area (Å²) in [5, 5.41) is 13.0. The van der Waals surface area contributed by atoms with E-state index in [2.05, 4.69) is 12.1 Å². The number of aromatic nitrogens is 1. The van der Waals surface area contributed by atoms with Gasteiger partial charge in [0.15, 0.2) is 0 Å². The molecular formula is C25H16Cl2N2S. The van der Waals surface area contributed by atoms with Crippen LogP contribution in [-0.2, 0) is 5.75 Å². The van der Waals surface area contributed by atoms with Gasteiger partial charge in [-0.2, -0.15) is 5.26 Å². The van der Waals surface area contributed by atoms with Crippen molar-refractivity contribution in [3.8, 4) is 6.07 Å². The minimum atomic E-state index is 0.544. The summed E-state index contributed by atoms with van der Waals surface area (Å²) in [6, 6.07) is 27.5. The molecule has 0 radical (unpaired) electrons. The summed E-state index contributed by atoms with van der Waals surface area (Å²) < 4.78 is 0. The first-order chi connectivity index (χ1) is 14.6. The second kappa shape index (κ2) is 9.36. The van der Waals surface area contributed by atoms with E-state index in [0.717, 1.165) is 43.4 Å². The molecule has 5 heteroatoms. The third-order valence-corrected chi connectivity index (χ3v) is 6.13. The lowest BCUT2D eigenvalue weighted by molar-refractivity contribution is 1.17. The molecule has 0 spiro atoms. The SMILES string of the molecule is N#C/C(=C\c1cc2ccccc2nc1SCc1ccc(Cl)cc1)c1cccc(Cl)c1. The number of hydrogen-bond donors (Lipinski definition) is 0. The summed E-state index contributed by atoms with van der Waals surface area (Å²) in [6.45, 7) is 0. The van der Waals surface area contributed by atoms with E-state index < -0.39 is 0 Å². The molecule has 30 heavy (non-hydrogen) atoms. The fourth-order valence-corrected chi connectivity index (χ4v) is 4.32. The van der Waals surface area contributed by atoms with Crippen LogP contribution >= 0.6 is 35.0 Å². The number of hydrogen-bond acceptors (Lipinski definition) is 3. The van der Waals surface area contributed by atoms with Gasteiger partial charge < -0.3 is 0 Å². The predicted molar refractivity (Wildman–Crippen MR) is 128 cm³/mol. The van der Waals surface area contributed by atoms with Gasteiger partial charge in [0.2, 0.25) is 0 Å². The van der Waals surface area contributed by atoms with Crippen LogP contribution in [0.5, 0.6) is 0 Å². The molecule has 146 valence electrons. The first kappa shape index (κ1) is 20.5. The van der Waals surface area contributed by atoms with Crippen LogP contribution in [0.2, 0.25) is 10.0 Å². The quantitative estimate of drug-likeness (QED) is 0.231. The van der Waals surface area contributed by atoms with E-state index in [1.165, 1.54) is 0 Å². The summed E-state index contributed by atoms with van der Waals surface area (Å²) in [5.41, 5.74) is 4.32. The van der Waals surface area contributed by atoms with Crippen molar-refractivity contribution in [2.75, 3.05) is 0 Å². The number of nitriles is 1. The molecule has 0 amide bonds. The molecule has 1 heterocycles. The Labute approximate surface area is 189 Å². The van der Waals surface area contributed by atoms with Gasteiger partial charge in [-0.05, 0) is 53.6 Å². The Morgan fingerprint density at radius 1 is 0.933 bits per heavy atom. The largest absolute Gasteiger partial charge is 0.241 e. The minimum absolute atomic E-state index is 0.544. The van der Waals surface area contributed by atoms with Crippen molar-refractivity contribution in [2.24, 2.45) is 0 Å². The maximum absolute atomic E-state index is 9.77. The van der Waals surface area contributed by atoms with Crippen molar-refractivity contribution >= 4 is 57.5 Å². The van der Waals surface area contributed by atoms with Gasteiger partial charge in [-0.1, -0.05) is 65.7 Å². The zero-order chi connectivity index (χ0) is 20.9. The lowest BCUT2D eigenvalue weighted by Gasteiger charge is -2.09. The van der Waals surface area contributed by atoms with Crippen LogP contribution in [0.25, 0.3) is 22.6 Å². The number of benzene rings is 3. The Balaban J connectivity index is 1.75. The highest BCUT2D eigenvalue weighted by molar-refractivity contribution is 7.98. The second-order valence-electron chi connectivity index (χ2n) is 6.67. The normalized spacial score (nSPS) is 11.4. The zero-order valence-corrected chi connectivity index (χ0v) is 18.2. The molecule has 0 bridgehead atoms. The minimum Gasteiger partial charge on any atom is -0.241 e. The number of para-hydroxylation sites is 1. The van der Waals surface area contributed by atoms with E-state index >= 15 is 0 Å². The van der Waals surface area contributed by atoms with E-state index in [4.69, 9.17) is 28.2 Å². The molecule has 0 N–H and O–H groups in total. The summed E-state index contributed by atoms with van der Waals surface area (Å²) in [6.07, 6.45) is 1.88. The average Bonchev–Trinajstić information content (AvgIpc) is 2.77. The third-order valence-electron chi connectivity index (χ3n) is 4.56. The highest BCUT2D eigenvalue weighted by Gasteiger charge is 2.10. The molecule has 0 aliphatic heterocycles. The molecule has 3 aromatic carbocycles. The number of allylic oxidation sites excluding steroid dienone is 1. The Kier molecular flexibility index (Phi) is 6.40. The first-order valence-electron chi connectivity index (χ1n) is 9.27. The van der Waals surface area contributed by atoms with Gasteiger partial charge in [0.05, 0.1) is 17.2 Å². The Morgan fingerprint density at radius 3 is 2.50 bits per heavy atom. The van der Waals surface area contributed by atoms with E-state index in [1.54, 1.807) is 23.9 Å². The molecular weight excluding hydrogens is 431 g/mol. The van der Waals surface area contributed by atoms with Gasteiger partial charge in [-0.15, -0.1) is 11.8 Å². The van der Waals surface area contributed by atoms with Gasteiger partial charge in [0.1, 0.15) is 5.03 Å². The van der Waals surface area contributed by atoms with Gasteiger partial charge in [0, 0.05) is 26.7 Å². The van der Waals surface area contributed by atoms with E-state index in [0.29, 0.717) is 10.6 Å². The summed E-state index contributed by atoms with van der Waals surface area (Å²) in [7, 11) is 0. The van der Waals surface area contributed by atoms with Crippen molar-refractivity contribution in [3.63, 3.8) is 0 Å². The van der Waals surface area contributed by atoms with Crippen LogP contribution in [0.4, 0.5) is 0 Å². The Morgan fingerprint density at radius 2 is 1.73 bits per heavy atom. The molecule has 4 rings (SSSR count). The summed E-state index contributed by atoms with van der Waals surface area (Å²) in [4.78, 5) is 4.86. The fraction of sp³-hybridized carbons (Fsp3) is 0.0400. The standard InChI is InChI=1S/C25H16Cl2N2S/c26-22-10-8-17(9-11-22)16-30-25-20(12-19-4-1-2-7-24(19)29-25)13-21(15-28)18-5-3-6-23(27)14-18/h1-14H,16H2/b21-13+. The summed E-state index contributed by atoms with van der Waals surface area (Å²) >= 11 is 13.8. The van der Waals surface area contributed by atoms with Gasteiger partial charge in [0.25, 0.3) is 0 Å². The highest BCUT2D eigenvalue weighted by atomic mass is 35.5. The number of pyridine rings is 1. The van der Waals surface area contributed by atoms with Crippen LogP contribution in [0, 0.1) is 11.3 Å². The van der Waals surface area contributed by atoms with Crippen LogP contribution in [-0.4, -0.2) is 4.98 Å². The predicted octanol–water partition coefficient (Wildman–Crippen LogP) is 7.90. The van der Waals surface area contributed by atoms with E-state index in [-0.39, 0.29) is 0 Å². The first-order valence-corrected chi connectivity index (χ1v) is 11.0. The number of fused-ring (bicyclic) bond motifs is 1. The van der Waals surface area contributed by atoms with Crippen molar-refractivity contribution in [1.29, 1.82) is 5.26 Å². The van der Waals surface area contributed by atoms with Gasteiger partial charge in [-0.3, -0.25) is 0 Å². The summed E-state index contributed by atoms with van der Waals surface area (Å²) in [5.74, 6) is 0.752. The third kappa shape index (κ3) is 4.86. The fourth-order valence-electron chi connectivity index (χ4n) is 3.06. The molecule has 0 atom stereocenters. The van der Waals surface area contributed by atoms with Gasteiger partial charge in [-0.25, -0.2) is 4.98 Å². The lowest BCUT2D eigenvalue weighted by Crippen LogP contribution is -1.91. The molecule has 4 aromatic rings. The molecule has 0 saturated heterocycles. The van der Waals surface area contributed by atoms with Crippen molar-refractivity contribution in [2.45, 2.75) is 10.8 Å². The van der Waals surface area contributed by atoms with Crippen molar-refractivity contribution < 1.29 is 0 Å². The maximum Gasteiger partial charge on any atom is 0.104 e. The van der Waals surface area contributed by atoms with Crippen molar-refractivity contribution in [1.82, 2.24) is 4.98 Å². The number of rotatable bonds is 5. The Hall–Kier alpha value is -2.77. The highest BCUT2D eigenvalue weighted by Crippen LogP contribution is 2.31. The molecule has 1 aromatic heterocycles. The van der Waals surface area contributed by atoms with Crippen LogP contribution in [0.3, 0.4) is 0 Å². The van der Waals surface area contributed by atoms with Crippen LogP contribution in [0.15, 0.2) is 83.9 Å². The number of halogens is 2. The topological polar surface area (TPSA) is 36.7 Å². The van der Waals surface area contributed by atoms with Gasteiger partial charge >= 0.3 is 0 Å². The monoisotopic (exact) mass is 446 g/mol. The lowest BCUT2D eigenvalue weighted by atomic mass is 10.0. The van der Waals surface area contributed by atoms with E-state index in [9.17, 15) is 5.26 Å². The number of thioether (sulfide) groups is 1. The van der Waals surface area contributed by atoms with Crippen molar-refractivity contribution in [3.05, 3.63) is 106 Å². The Bertz CT molecular complexity index is 1270. The molecule has 0 saturated carbocycles. The smallest absolute Gasteiger partial charge is 0.104 e. The molecule has 2 nitrogen and oxygen atoms in total. The molecule has 0 aliphatic rings. The molecule has 0 aliphatic carbocycles.